The highest BCUT2D eigenvalue weighted by molar-refractivity contribution is 7.91. The maximum atomic E-state index is 11.9. The van der Waals surface area contributed by atoms with Crippen molar-refractivity contribution in [2.75, 3.05) is 5.75 Å². The van der Waals surface area contributed by atoms with E-state index in [1.165, 1.54) is 0 Å². The Morgan fingerprint density at radius 3 is 2.78 bits per heavy atom. The standard InChI is InChI=1S/C13H16O4S/c1-8(13(14)15)5-10-3-4-11-9(2)7-18(16,17)12(11)6-10/h3-4,6,8-9H,5,7H2,1-2H3,(H,14,15). The van der Waals surface area contributed by atoms with Crippen LogP contribution in [0.1, 0.15) is 30.9 Å². The minimum Gasteiger partial charge on any atom is -0.481 e. The maximum Gasteiger partial charge on any atom is 0.306 e. The van der Waals surface area contributed by atoms with Crippen LogP contribution in [0.4, 0.5) is 0 Å². The summed E-state index contributed by atoms with van der Waals surface area (Å²) in [6.07, 6.45) is 0.354. The third kappa shape index (κ3) is 2.27. The molecule has 0 amide bonds. The molecular weight excluding hydrogens is 252 g/mol. The molecule has 2 rings (SSSR count). The minimum atomic E-state index is -3.18. The molecule has 0 radical (unpaired) electrons. The molecule has 0 spiro atoms. The van der Waals surface area contributed by atoms with E-state index >= 15 is 0 Å². The molecule has 4 nitrogen and oxygen atoms in total. The molecule has 0 aliphatic carbocycles. The van der Waals surface area contributed by atoms with Crippen molar-refractivity contribution >= 4 is 15.8 Å². The Morgan fingerprint density at radius 2 is 2.17 bits per heavy atom. The smallest absolute Gasteiger partial charge is 0.306 e. The third-order valence-corrected chi connectivity index (χ3v) is 5.34. The fraction of sp³-hybridized carbons (Fsp3) is 0.462. The molecule has 1 aliphatic heterocycles. The molecule has 0 aromatic heterocycles. The van der Waals surface area contributed by atoms with Gasteiger partial charge in [0.2, 0.25) is 0 Å². The molecule has 1 aliphatic rings. The summed E-state index contributed by atoms with van der Waals surface area (Å²) >= 11 is 0. The van der Waals surface area contributed by atoms with Crippen LogP contribution in [-0.4, -0.2) is 25.2 Å². The van der Waals surface area contributed by atoms with Crippen molar-refractivity contribution in [1.29, 1.82) is 0 Å². The van der Waals surface area contributed by atoms with Crippen LogP contribution in [0.25, 0.3) is 0 Å². The quantitative estimate of drug-likeness (QED) is 0.908. The summed E-state index contributed by atoms with van der Waals surface area (Å²) in [5.41, 5.74) is 1.61. The summed E-state index contributed by atoms with van der Waals surface area (Å²) < 4.78 is 23.8. The Balaban J connectivity index is 2.36. The summed E-state index contributed by atoms with van der Waals surface area (Å²) in [6.45, 7) is 3.51. The molecule has 1 heterocycles. The van der Waals surface area contributed by atoms with Crippen molar-refractivity contribution in [3.8, 4) is 0 Å². The van der Waals surface area contributed by atoms with Crippen LogP contribution < -0.4 is 0 Å². The average molecular weight is 268 g/mol. The average Bonchev–Trinajstić information content (AvgIpc) is 2.49. The molecule has 18 heavy (non-hydrogen) atoms. The van der Waals surface area contributed by atoms with E-state index in [0.29, 0.717) is 11.3 Å². The first kappa shape index (κ1) is 13.1. The van der Waals surface area contributed by atoms with Gasteiger partial charge in [-0.15, -0.1) is 0 Å². The minimum absolute atomic E-state index is 0.0240. The van der Waals surface area contributed by atoms with Gasteiger partial charge >= 0.3 is 5.97 Å². The highest BCUT2D eigenvalue weighted by Gasteiger charge is 2.32. The number of carboxylic acid groups (broad SMARTS) is 1. The van der Waals surface area contributed by atoms with Gasteiger partial charge in [-0.2, -0.15) is 0 Å². The summed E-state index contributed by atoms with van der Waals surface area (Å²) in [5, 5.41) is 8.86. The zero-order valence-electron chi connectivity index (χ0n) is 10.4. The van der Waals surface area contributed by atoms with Crippen molar-refractivity contribution in [3.05, 3.63) is 29.3 Å². The van der Waals surface area contributed by atoms with Crippen molar-refractivity contribution in [2.24, 2.45) is 5.92 Å². The Labute approximate surface area is 107 Å². The lowest BCUT2D eigenvalue weighted by atomic mass is 9.97. The first-order chi connectivity index (χ1) is 8.31. The van der Waals surface area contributed by atoms with Crippen LogP contribution in [0.15, 0.2) is 23.1 Å². The second-order valence-corrected chi connectivity index (χ2v) is 7.00. The predicted octanol–water partition coefficient (Wildman–Crippen LogP) is 1.84. The normalized spacial score (nSPS) is 22.4. The lowest BCUT2D eigenvalue weighted by molar-refractivity contribution is -0.141. The lowest BCUT2D eigenvalue weighted by Gasteiger charge is -2.08. The van der Waals surface area contributed by atoms with Crippen molar-refractivity contribution in [3.63, 3.8) is 0 Å². The number of fused-ring (bicyclic) bond motifs is 1. The maximum absolute atomic E-state index is 11.9. The number of sulfone groups is 1. The fourth-order valence-corrected chi connectivity index (χ4v) is 4.31. The number of aliphatic carboxylic acids is 1. The lowest BCUT2D eigenvalue weighted by Crippen LogP contribution is -2.12. The van der Waals surface area contributed by atoms with Gasteiger partial charge in [0.15, 0.2) is 9.84 Å². The van der Waals surface area contributed by atoms with Gasteiger partial charge in [0.1, 0.15) is 0 Å². The van der Waals surface area contributed by atoms with Crippen molar-refractivity contribution < 1.29 is 18.3 Å². The largest absolute Gasteiger partial charge is 0.481 e. The van der Waals surface area contributed by atoms with Gasteiger partial charge in [-0.25, -0.2) is 8.42 Å². The van der Waals surface area contributed by atoms with E-state index in [0.717, 1.165) is 11.1 Å². The topological polar surface area (TPSA) is 71.4 Å². The van der Waals surface area contributed by atoms with Crippen molar-refractivity contribution in [1.82, 2.24) is 0 Å². The Bertz CT molecular complexity index is 589. The van der Waals surface area contributed by atoms with Gasteiger partial charge in [0, 0.05) is 0 Å². The van der Waals surface area contributed by atoms with Crippen LogP contribution in [0.5, 0.6) is 0 Å². The molecule has 0 saturated heterocycles. The Hall–Kier alpha value is -1.36. The molecule has 5 heteroatoms. The highest BCUT2D eigenvalue weighted by Crippen LogP contribution is 2.35. The summed E-state index contributed by atoms with van der Waals surface area (Å²) in [6, 6.07) is 5.28. The molecule has 98 valence electrons. The van der Waals surface area contributed by atoms with Crippen LogP contribution in [0, 0.1) is 5.92 Å². The van der Waals surface area contributed by atoms with Crippen LogP contribution in [0.2, 0.25) is 0 Å². The van der Waals surface area contributed by atoms with E-state index in [2.05, 4.69) is 0 Å². The van der Waals surface area contributed by atoms with Gasteiger partial charge in [0.05, 0.1) is 16.6 Å². The third-order valence-electron chi connectivity index (χ3n) is 3.38. The number of hydrogen-bond donors (Lipinski definition) is 1. The molecule has 0 fully saturated rings. The monoisotopic (exact) mass is 268 g/mol. The number of hydrogen-bond acceptors (Lipinski definition) is 3. The second kappa shape index (κ2) is 4.39. The SMILES string of the molecule is CC(Cc1ccc2c(c1)S(=O)(=O)CC2C)C(=O)O. The Kier molecular flexibility index (Phi) is 3.19. The molecule has 0 saturated carbocycles. The summed E-state index contributed by atoms with van der Waals surface area (Å²) in [4.78, 5) is 11.2. The first-order valence-electron chi connectivity index (χ1n) is 5.89. The number of carboxylic acids is 1. The fourth-order valence-electron chi connectivity index (χ4n) is 2.33. The number of rotatable bonds is 3. The zero-order valence-corrected chi connectivity index (χ0v) is 11.2. The summed E-state index contributed by atoms with van der Waals surface area (Å²) in [5.74, 6) is -1.20. The van der Waals surface area contributed by atoms with Crippen LogP contribution in [0.3, 0.4) is 0 Å². The van der Waals surface area contributed by atoms with Gasteiger partial charge in [-0.1, -0.05) is 26.0 Å². The van der Waals surface area contributed by atoms with Gasteiger partial charge in [0.25, 0.3) is 0 Å². The van der Waals surface area contributed by atoms with E-state index < -0.39 is 21.7 Å². The molecule has 2 atom stereocenters. The number of benzene rings is 1. The second-order valence-electron chi connectivity index (χ2n) is 5.00. The van der Waals surface area contributed by atoms with E-state index in [-0.39, 0.29) is 11.7 Å². The predicted molar refractivity (Wildman–Crippen MR) is 67.4 cm³/mol. The summed E-state index contributed by atoms with van der Waals surface area (Å²) in [7, 11) is -3.18. The zero-order chi connectivity index (χ0) is 13.5. The van der Waals surface area contributed by atoms with Gasteiger partial charge in [-0.05, 0) is 29.5 Å². The van der Waals surface area contributed by atoms with Gasteiger partial charge in [-0.3, -0.25) is 4.79 Å². The molecule has 1 aromatic carbocycles. The van der Waals surface area contributed by atoms with Crippen molar-refractivity contribution in [2.45, 2.75) is 31.1 Å². The molecule has 2 unspecified atom stereocenters. The molecule has 0 bridgehead atoms. The highest BCUT2D eigenvalue weighted by atomic mass is 32.2. The molecular formula is C13H16O4S. The van der Waals surface area contributed by atoms with E-state index in [1.807, 2.05) is 19.1 Å². The van der Waals surface area contributed by atoms with Crippen LogP contribution >= 0.6 is 0 Å². The van der Waals surface area contributed by atoms with E-state index in [1.54, 1.807) is 13.0 Å². The van der Waals surface area contributed by atoms with E-state index in [9.17, 15) is 13.2 Å². The van der Waals surface area contributed by atoms with Gasteiger partial charge < -0.3 is 5.11 Å². The molecule has 1 N–H and O–H groups in total. The van der Waals surface area contributed by atoms with Crippen LogP contribution in [-0.2, 0) is 21.1 Å². The van der Waals surface area contributed by atoms with E-state index in [4.69, 9.17) is 5.11 Å². The molecule has 1 aromatic rings. The Morgan fingerprint density at radius 1 is 1.50 bits per heavy atom. The first-order valence-corrected chi connectivity index (χ1v) is 7.55. The number of carbonyl (C=O) groups is 1.